The van der Waals surface area contributed by atoms with Crippen molar-refractivity contribution in [1.82, 2.24) is 0 Å². The summed E-state index contributed by atoms with van der Waals surface area (Å²) in [6.07, 6.45) is 0. The maximum absolute atomic E-state index is 14.5. The van der Waals surface area contributed by atoms with Crippen LogP contribution in [0.1, 0.15) is 0 Å². The number of amides is 1. The summed E-state index contributed by atoms with van der Waals surface area (Å²) in [5.41, 5.74) is -0.141. The Kier molecular flexibility index (Phi) is 6.77. The van der Waals surface area contributed by atoms with Gasteiger partial charge >= 0.3 is 0 Å². The summed E-state index contributed by atoms with van der Waals surface area (Å²) < 4.78 is 60.0. The van der Waals surface area contributed by atoms with Crippen LogP contribution in [0, 0.1) is 11.6 Å². The van der Waals surface area contributed by atoms with Gasteiger partial charge in [0.25, 0.3) is 10.0 Å². The second-order valence-corrected chi connectivity index (χ2v) is 8.59. The van der Waals surface area contributed by atoms with Crippen molar-refractivity contribution in [3.8, 4) is 5.75 Å². The fraction of sp³-hybridized carbons (Fsp3) is 0.0952. The number of halogens is 3. The minimum Gasteiger partial charge on any atom is -0.497 e. The number of hydrogen-bond acceptors (Lipinski definition) is 4. The van der Waals surface area contributed by atoms with Crippen molar-refractivity contribution in [3.63, 3.8) is 0 Å². The Morgan fingerprint density at radius 1 is 1.03 bits per heavy atom. The van der Waals surface area contributed by atoms with Crippen LogP contribution in [0.25, 0.3) is 0 Å². The lowest BCUT2D eigenvalue weighted by Crippen LogP contribution is -2.38. The summed E-state index contributed by atoms with van der Waals surface area (Å²) in [5.74, 6) is -1.84. The zero-order valence-corrected chi connectivity index (χ0v) is 17.8. The first-order valence-corrected chi connectivity index (χ1v) is 10.7. The maximum Gasteiger partial charge on any atom is 0.264 e. The quantitative estimate of drug-likeness (QED) is 0.557. The van der Waals surface area contributed by atoms with Crippen LogP contribution in [0.5, 0.6) is 5.75 Å². The monoisotopic (exact) mass is 466 g/mol. The Labute approximate surface area is 183 Å². The van der Waals surface area contributed by atoms with Crippen LogP contribution < -0.4 is 14.4 Å². The van der Waals surface area contributed by atoms with Gasteiger partial charge in [-0.2, -0.15) is 0 Å². The van der Waals surface area contributed by atoms with Gasteiger partial charge in [-0.05, 0) is 54.6 Å². The molecule has 0 unspecified atom stereocenters. The number of rotatable bonds is 7. The predicted molar refractivity (Wildman–Crippen MR) is 114 cm³/mol. The Morgan fingerprint density at radius 2 is 1.71 bits per heavy atom. The first-order chi connectivity index (χ1) is 14.7. The predicted octanol–water partition coefficient (Wildman–Crippen LogP) is 4.46. The first kappa shape index (κ1) is 22.5. The molecule has 31 heavy (non-hydrogen) atoms. The molecule has 1 N–H and O–H groups in total. The minimum absolute atomic E-state index is 0.158. The van der Waals surface area contributed by atoms with E-state index in [2.05, 4.69) is 5.32 Å². The van der Waals surface area contributed by atoms with E-state index in [0.717, 1.165) is 12.1 Å². The number of benzene rings is 3. The second kappa shape index (κ2) is 9.32. The average molecular weight is 467 g/mol. The summed E-state index contributed by atoms with van der Waals surface area (Å²) in [5, 5.41) is 2.22. The van der Waals surface area contributed by atoms with E-state index in [9.17, 15) is 22.0 Å². The molecule has 0 radical (unpaired) electrons. The SMILES string of the molecule is COc1ccc(S(=O)(=O)N(CC(=O)Nc2ccc(F)c(Cl)c2)c2ccccc2F)cc1. The van der Waals surface area contributed by atoms with Gasteiger partial charge < -0.3 is 10.1 Å². The molecule has 10 heteroatoms. The van der Waals surface area contributed by atoms with Gasteiger partial charge in [-0.25, -0.2) is 17.2 Å². The molecule has 0 aliphatic carbocycles. The minimum atomic E-state index is -4.31. The first-order valence-electron chi connectivity index (χ1n) is 8.88. The summed E-state index contributed by atoms with van der Waals surface area (Å²) in [7, 11) is -2.88. The highest BCUT2D eigenvalue weighted by molar-refractivity contribution is 7.92. The third kappa shape index (κ3) is 5.12. The highest BCUT2D eigenvalue weighted by atomic mass is 35.5. The summed E-state index contributed by atoms with van der Waals surface area (Å²) in [6, 6.07) is 14.1. The van der Waals surface area contributed by atoms with Gasteiger partial charge in [0.1, 0.15) is 23.9 Å². The van der Waals surface area contributed by atoms with Crippen LogP contribution in [0.3, 0.4) is 0 Å². The van der Waals surface area contributed by atoms with Crippen LogP contribution in [0.2, 0.25) is 5.02 Å². The van der Waals surface area contributed by atoms with Crippen molar-refractivity contribution in [2.24, 2.45) is 0 Å². The van der Waals surface area contributed by atoms with E-state index in [1.54, 1.807) is 0 Å². The molecule has 0 spiro atoms. The smallest absolute Gasteiger partial charge is 0.264 e. The molecular weight excluding hydrogens is 450 g/mol. The molecule has 3 aromatic carbocycles. The van der Waals surface area contributed by atoms with Gasteiger partial charge in [-0.3, -0.25) is 9.10 Å². The largest absolute Gasteiger partial charge is 0.497 e. The van der Waals surface area contributed by atoms with Gasteiger partial charge in [0, 0.05) is 5.69 Å². The van der Waals surface area contributed by atoms with Crippen molar-refractivity contribution < 1.29 is 26.7 Å². The topological polar surface area (TPSA) is 75.7 Å². The Bertz CT molecular complexity index is 1200. The lowest BCUT2D eigenvalue weighted by Gasteiger charge is -2.24. The van der Waals surface area contributed by atoms with Gasteiger partial charge in [0.15, 0.2) is 0 Å². The van der Waals surface area contributed by atoms with Crippen molar-refractivity contribution in [2.45, 2.75) is 4.90 Å². The van der Waals surface area contributed by atoms with E-state index in [1.165, 1.54) is 61.7 Å². The fourth-order valence-corrected chi connectivity index (χ4v) is 4.34. The number of sulfonamides is 1. The van der Waals surface area contributed by atoms with Gasteiger partial charge in [0.2, 0.25) is 5.91 Å². The molecule has 0 saturated heterocycles. The molecule has 0 fully saturated rings. The third-order valence-corrected chi connectivity index (χ3v) is 6.32. The van der Waals surface area contributed by atoms with Crippen LogP contribution in [0.4, 0.5) is 20.2 Å². The van der Waals surface area contributed by atoms with E-state index < -0.39 is 34.1 Å². The molecule has 0 bridgehead atoms. The molecule has 0 aliphatic rings. The molecule has 0 aromatic heterocycles. The number of anilines is 2. The maximum atomic E-state index is 14.5. The molecule has 1 amide bonds. The fourth-order valence-electron chi connectivity index (χ4n) is 2.73. The number of carbonyl (C=O) groups excluding carboxylic acids is 1. The van der Waals surface area contributed by atoms with E-state index in [0.29, 0.717) is 10.1 Å². The van der Waals surface area contributed by atoms with Crippen LogP contribution in [0.15, 0.2) is 71.6 Å². The normalized spacial score (nSPS) is 11.1. The molecule has 0 atom stereocenters. The molecule has 3 rings (SSSR count). The third-order valence-electron chi connectivity index (χ3n) is 4.26. The van der Waals surface area contributed by atoms with E-state index in [1.807, 2.05) is 0 Å². The summed E-state index contributed by atoms with van der Waals surface area (Å²) in [6.45, 7) is -0.732. The van der Waals surface area contributed by atoms with Gasteiger partial charge in [-0.1, -0.05) is 23.7 Å². The Balaban J connectivity index is 1.95. The Hall–Kier alpha value is -3.17. The number of para-hydroxylation sites is 1. The Morgan fingerprint density at radius 3 is 2.32 bits per heavy atom. The van der Waals surface area contributed by atoms with Crippen molar-refractivity contribution in [2.75, 3.05) is 23.3 Å². The van der Waals surface area contributed by atoms with E-state index in [-0.39, 0.29) is 21.3 Å². The molecule has 3 aromatic rings. The zero-order chi connectivity index (χ0) is 22.6. The molecule has 0 saturated carbocycles. The van der Waals surface area contributed by atoms with Crippen molar-refractivity contribution in [3.05, 3.63) is 83.4 Å². The lowest BCUT2D eigenvalue weighted by molar-refractivity contribution is -0.114. The number of ether oxygens (including phenoxy) is 1. The van der Waals surface area contributed by atoms with Crippen LogP contribution in [-0.2, 0) is 14.8 Å². The van der Waals surface area contributed by atoms with Crippen molar-refractivity contribution >= 4 is 38.9 Å². The number of nitrogens with one attached hydrogen (secondary N) is 1. The molecule has 6 nitrogen and oxygen atoms in total. The number of methoxy groups -OCH3 is 1. The lowest BCUT2D eigenvalue weighted by atomic mass is 10.3. The number of carbonyl (C=O) groups is 1. The molecule has 162 valence electrons. The molecular formula is C21H17ClF2N2O4S. The standard InChI is InChI=1S/C21H17ClF2N2O4S/c1-30-15-7-9-16(10-8-15)31(28,29)26(20-5-3-2-4-19(20)24)13-21(27)25-14-6-11-18(23)17(22)12-14/h2-12H,13H2,1H3,(H,25,27). The van der Waals surface area contributed by atoms with E-state index in [4.69, 9.17) is 16.3 Å². The average Bonchev–Trinajstić information content (AvgIpc) is 2.75. The number of nitrogens with zero attached hydrogens (tertiary/aromatic N) is 1. The van der Waals surface area contributed by atoms with Crippen LogP contribution in [-0.4, -0.2) is 28.0 Å². The molecule has 0 aliphatic heterocycles. The summed E-state index contributed by atoms with van der Waals surface area (Å²) >= 11 is 5.70. The van der Waals surface area contributed by atoms with E-state index >= 15 is 0 Å². The second-order valence-electron chi connectivity index (χ2n) is 6.32. The number of hydrogen-bond donors (Lipinski definition) is 1. The van der Waals surface area contributed by atoms with Gasteiger partial charge in [0.05, 0.1) is 22.7 Å². The van der Waals surface area contributed by atoms with Gasteiger partial charge in [-0.15, -0.1) is 0 Å². The summed E-state index contributed by atoms with van der Waals surface area (Å²) in [4.78, 5) is 12.4. The molecule has 0 heterocycles. The highest BCUT2D eigenvalue weighted by Gasteiger charge is 2.29. The highest BCUT2D eigenvalue weighted by Crippen LogP contribution is 2.27. The van der Waals surface area contributed by atoms with Crippen LogP contribution >= 0.6 is 11.6 Å². The van der Waals surface area contributed by atoms with Crippen molar-refractivity contribution in [1.29, 1.82) is 0 Å². The zero-order valence-electron chi connectivity index (χ0n) is 16.2.